The van der Waals surface area contributed by atoms with Crippen LogP contribution in [-0.4, -0.2) is 25.4 Å². The molecule has 0 bridgehead atoms. The molecule has 2 aromatic carbocycles. The SMILES string of the molecule is CN(C)c1ccc(N=Cc2ccccc2O)cc1. The molecule has 3 heteroatoms. The van der Waals surface area contributed by atoms with E-state index in [0.29, 0.717) is 5.56 Å². The molecule has 0 aliphatic heterocycles. The quantitative estimate of drug-likeness (QED) is 0.836. The average molecular weight is 240 g/mol. The number of aromatic hydroxyl groups is 1. The Labute approximate surface area is 107 Å². The minimum absolute atomic E-state index is 0.242. The van der Waals surface area contributed by atoms with Crippen molar-refractivity contribution in [2.45, 2.75) is 0 Å². The highest BCUT2D eigenvalue weighted by molar-refractivity contribution is 5.85. The van der Waals surface area contributed by atoms with E-state index in [9.17, 15) is 5.11 Å². The van der Waals surface area contributed by atoms with Crippen molar-refractivity contribution in [3.8, 4) is 5.75 Å². The molecule has 3 nitrogen and oxygen atoms in total. The van der Waals surface area contributed by atoms with Crippen LogP contribution in [0.3, 0.4) is 0 Å². The van der Waals surface area contributed by atoms with Gasteiger partial charge >= 0.3 is 0 Å². The second-order valence-corrected chi connectivity index (χ2v) is 4.23. The molecule has 0 amide bonds. The van der Waals surface area contributed by atoms with Crippen molar-refractivity contribution in [3.63, 3.8) is 0 Å². The van der Waals surface area contributed by atoms with Gasteiger partial charge in [-0.3, -0.25) is 4.99 Å². The summed E-state index contributed by atoms with van der Waals surface area (Å²) in [4.78, 5) is 6.37. The Bertz CT molecular complexity index is 545. The van der Waals surface area contributed by atoms with E-state index in [1.54, 1.807) is 18.3 Å². The van der Waals surface area contributed by atoms with Crippen LogP contribution in [0, 0.1) is 0 Å². The lowest BCUT2D eigenvalue weighted by Crippen LogP contribution is -2.07. The Morgan fingerprint density at radius 2 is 1.67 bits per heavy atom. The maximum Gasteiger partial charge on any atom is 0.124 e. The Kier molecular flexibility index (Phi) is 3.63. The van der Waals surface area contributed by atoms with Crippen LogP contribution >= 0.6 is 0 Å². The number of phenols is 1. The van der Waals surface area contributed by atoms with Gasteiger partial charge in [-0.25, -0.2) is 0 Å². The van der Waals surface area contributed by atoms with Gasteiger partial charge in [0, 0.05) is 31.6 Å². The number of aliphatic imine (C=N–C) groups is 1. The van der Waals surface area contributed by atoms with E-state index in [-0.39, 0.29) is 5.75 Å². The van der Waals surface area contributed by atoms with Gasteiger partial charge in [0.05, 0.1) is 5.69 Å². The van der Waals surface area contributed by atoms with Crippen LogP contribution in [0.15, 0.2) is 53.5 Å². The zero-order valence-electron chi connectivity index (χ0n) is 10.5. The van der Waals surface area contributed by atoms with Crippen LogP contribution in [0.4, 0.5) is 11.4 Å². The largest absolute Gasteiger partial charge is 0.507 e. The predicted octanol–water partition coefficient (Wildman–Crippen LogP) is 3.21. The van der Waals surface area contributed by atoms with E-state index >= 15 is 0 Å². The van der Waals surface area contributed by atoms with Crippen molar-refractivity contribution in [3.05, 3.63) is 54.1 Å². The van der Waals surface area contributed by atoms with Crippen molar-refractivity contribution in [1.82, 2.24) is 0 Å². The first-order valence-electron chi connectivity index (χ1n) is 5.76. The number of anilines is 1. The fourth-order valence-corrected chi connectivity index (χ4v) is 1.58. The van der Waals surface area contributed by atoms with Crippen molar-refractivity contribution in [2.24, 2.45) is 4.99 Å². The highest BCUT2D eigenvalue weighted by Crippen LogP contribution is 2.19. The van der Waals surface area contributed by atoms with E-state index in [1.807, 2.05) is 55.4 Å². The molecule has 0 aromatic heterocycles. The van der Waals surface area contributed by atoms with E-state index in [0.717, 1.165) is 11.4 Å². The summed E-state index contributed by atoms with van der Waals surface area (Å²) in [5.41, 5.74) is 2.72. The van der Waals surface area contributed by atoms with Crippen LogP contribution in [0.5, 0.6) is 5.75 Å². The van der Waals surface area contributed by atoms with Gasteiger partial charge in [-0.1, -0.05) is 12.1 Å². The summed E-state index contributed by atoms with van der Waals surface area (Å²) in [5, 5.41) is 9.61. The fraction of sp³-hybridized carbons (Fsp3) is 0.133. The number of hydrogen-bond donors (Lipinski definition) is 1. The summed E-state index contributed by atoms with van der Waals surface area (Å²) in [5.74, 6) is 0.242. The maximum atomic E-state index is 9.61. The van der Waals surface area contributed by atoms with Crippen LogP contribution in [0.1, 0.15) is 5.56 Å². The molecule has 0 aliphatic rings. The minimum Gasteiger partial charge on any atom is -0.507 e. The molecule has 18 heavy (non-hydrogen) atoms. The molecule has 0 spiro atoms. The molecule has 0 heterocycles. The molecule has 92 valence electrons. The number of phenolic OH excluding ortho intramolecular Hbond substituents is 1. The third-order valence-corrected chi connectivity index (χ3v) is 2.66. The molecule has 0 fully saturated rings. The maximum absolute atomic E-state index is 9.61. The highest BCUT2D eigenvalue weighted by Gasteiger charge is 1.96. The van der Waals surface area contributed by atoms with E-state index in [1.165, 1.54) is 0 Å². The van der Waals surface area contributed by atoms with Gasteiger partial charge in [-0.05, 0) is 36.4 Å². The Balaban J connectivity index is 2.17. The summed E-state index contributed by atoms with van der Waals surface area (Å²) in [6.45, 7) is 0. The first kappa shape index (κ1) is 12.2. The molecule has 0 atom stereocenters. The zero-order valence-corrected chi connectivity index (χ0v) is 10.5. The molecule has 2 rings (SSSR count). The number of rotatable bonds is 3. The van der Waals surface area contributed by atoms with Crippen LogP contribution < -0.4 is 4.90 Å². The molecule has 0 unspecified atom stereocenters. The minimum atomic E-state index is 0.242. The number of para-hydroxylation sites is 1. The van der Waals surface area contributed by atoms with E-state index in [2.05, 4.69) is 4.99 Å². The molecular formula is C15H16N2O. The smallest absolute Gasteiger partial charge is 0.124 e. The molecule has 1 N–H and O–H groups in total. The standard InChI is InChI=1S/C15H16N2O/c1-17(2)14-9-7-13(8-10-14)16-11-12-5-3-4-6-15(12)18/h3-11,18H,1-2H3. The predicted molar refractivity (Wildman–Crippen MR) is 76.1 cm³/mol. The zero-order chi connectivity index (χ0) is 13.0. The molecule has 0 saturated heterocycles. The third-order valence-electron chi connectivity index (χ3n) is 2.66. The molecule has 0 aliphatic carbocycles. The first-order valence-corrected chi connectivity index (χ1v) is 5.76. The number of nitrogens with zero attached hydrogens (tertiary/aromatic N) is 2. The summed E-state index contributed by atoms with van der Waals surface area (Å²) in [7, 11) is 4.00. The lowest BCUT2D eigenvalue weighted by atomic mass is 10.2. The van der Waals surface area contributed by atoms with Gasteiger partial charge in [0.15, 0.2) is 0 Å². The van der Waals surface area contributed by atoms with E-state index in [4.69, 9.17) is 0 Å². The van der Waals surface area contributed by atoms with Gasteiger partial charge in [-0.15, -0.1) is 0 Å². The Hall–Kier alpha value is -2.29. The molecular weight excluding hydrogens is 224 g/mol. The lowest BCUT2D eigenvalue weighted by molar-refractivity contribution is 0.474. The summed E-state index contributed by atoms with van der Waals surface area (Å²) >= 11 is 0. The summed E-state index contributed by atoms with van der Waals surface area (Å²) in [6, 6.07) is 15.1. The molecule has 2 aromatic rings. The van der Waals surface area contributed by atoms with Crippen molar-refractivity contribution in [1.29, 1.82) is 0 Å². The molecule has 0 saturated carbocycles. The van der Waals surface area contributed by atoms with Gasteiger partial charge in [0.25, 0.3) is 0 Å². The Morgan fingerprint density at radius 3 is 2.28 bits per heavy atom. The van der Waals surface area contributed by atoms with Crippen molar-refractivity contribution >= 4 is 17.6 Å². The van der Waals surface area contributed by atoms with Gasteiger partial charge in [0.1, 0.15) is 5.75 Å². The fourth-order valence-electron chi connectivity index (χ4n) is 1.58. The topological polar surface area (TPSA) is 35.8 Å². The summed E-state index contributed by atoms with van der Waals surface area (Å²) in [6.07, 6.45) is 1.67. The Morgan fingerprint density at radius 1 is 1.00 bits per heavy atom. The second-order valence-electron chi connectivity index (χ2n) is 4.23. The van der Waals surface area contributed by atoms with Gasteiger partial charge in [0.2, 0.25) is 0 Å². The third kappa shape index (κ3) is 2.88. The van der Waals surface area contributed by atoms with E-state index < -0.39 is 0 Å². The first-order chi connectivity index (χ1) is 8.66. The molecule has 0 radical (unpaired) electrons. The van der Waals surface area contributed by atoms with Gasteiger partial charge < -0.3 is 10.0 Å². The normalized spacial score (nSPS) is 10.8. The number of hydrogen-bond acceptors (Lipinski definition) is 3. The highest BCUT2D eigenvalue weighted by atomic mass is 16.3. The summed E-state index contributed by atoms with van der Waals surface area (Å²) < 4.78 is 0. The lowest BCUT2D eigenvalue weighted by Gasteiger charge is -2.11. The van der Waals surface area contributed by atoms with Crippen LogP contribution in [-0.2, 0) is 0 Å². The number of benzene rings is 2. The average Bonchev–Trinajstić information content (AvgIpc) is 2.38. The second kappa shape index (κ2) is 5.36. The van der Waals surface area contributed by atoms with Gasteiger partial charge in [-0.2, -0.15) is 0 Å². The van der Waals surface area contributed by atoms with Crippen molar-refractivity contribution < 1.29 is 5.11 Å². The van der Waals surface area contributed by atoms with Crippen molar-refractivity contribution in [2.75, 3.05) is 19.0 Å². The van der Waals surface area contributed by atoms with Crippen LogP contribution in [0.25, 0.3) is 0 Å². The van der Waals surface area contributed by atoms with Crippen LogP contribution in [0.2, 0.25) is 0 Å². The monoisotopic (exact) mass is 240 g/mol.